The van der Waals surface area contributed by atoms with Crippen molar-refractivity contribution in [3.63, 3.8) is 0 Å². The minimum Gasteiger partial charge on any atom is -0.454 e. The molecule has 0 aliphatic carbocycles. The van der Waals surface area contributed by atoms with Crippen LogP contribution in [0.25, 0.3) is 33.2 Å². The van der Waals surface area contributed by atoms with Crippen LogP contribution in [0.4, 0.5) is 21.6 Å². The van der Waals surface area contributed by atoms with Gasteiger partial charge >= 0.3 is 0 Å². The number of nitrogens with zero attached hydrogens (tertiary/aromatic N) is 3. The first-order valence-corrected chi connectivity index (χ1v) is 19.8. The standard InChI is InChI=1S/C47H32FN3OSi/c48-44(33-15-11-14-32(30-33)40-23-9-10-28-49-40)34-16-12-17-35(31-34)51-45-42(27-26-39-38-22-7-8-24-41(38)52-46(39)45)53(36-18-3-1-4-19-36,37-20-5-2-6-21-37)43-25-13-29-50-47(43)51/h1-31,44H. The number of hydrogen-bond acceptors (Lipinski definition) is 4. The monoisotopic (exact) mass is 701 g/mol. The minimum absolute atomic E-state index is 0.552. The second-order valence-corrected chi connectivity index (χ2v) is 17.2. The first-order valence-electron chi connectivity index (χ1n) is 17.8. The Hall–Kier alpha value is -6.63. The highest BCUT2D eigenvalue weighted by Gasteiger charge is 2.50. The number of hydrogen-bond donors (Lipinski definition) is 0. The Morgan fingerprint density at radius 3 is 2.02 bits per heavy atom. The van der Waals surface area contributed by atoms with E-state index in [1.165, 1.54) is 15.6 Å². The molecule has 6 aromatic carbocycles. The van der Waals surface area contributed by atoms with Crippen molar-refractivity contribution in [3.05, 3.63) is 199 Å². The number of furan rings is 1. The highest BCUT2D eigenvalue weighted by Crippen LogP contribution is 2.44. The van der Waals surface area contributed by atoms with Crippen LogP contribution in [0.1, 0.15) is 17.3 Å². The fourth-order valence-corrected chi connectivity index (χ4v) is 13.3. The van der Waals surface area contributed by atoms with Gasteiger partial charge in [0.15, 0.2) is 19.8 Å². The van der Waals surface area contributed by atoms with Gasteiger partial charge < -0.3 is 4.42 Å². The normalized spacial score (nSPS) is 13.8. The molecule has 1 aliphatic heterocycles. The van der Waals surface area contributed by atoms with Gasteiger partial charge in [-0.2, -0.15) is 0 Å². The van der Waals surface area contributed by atoms with Crippen LogP contribution in [0.15, 0.2) is 193 Å². The van der Waals surface area contributed by atoms with Crippen molar-refractivity contribution < 1.29 is 8.81 Å². The predicted octanol–water partition coefficient (Wildman–Crippen LogP) is 9.26. The molecule has 6 heteroatoms. The molecular weight excluding hydrogens is 670 g/mol. The average Bonchev–Trinajstić information content (AvgIpc) is 3.63. The van der Waals surface area contributed by atoms with Crippen molar-refractivity contribution in [2.45, 2.75) is 6.17 Å². The van der Waals surface area contributed by atoms with Gasteiger partial charge in [0.25, 0.3) is 0 Å². The lowest BCUT2D eigenvalue weighted by molar-refractivity contribution is 0.402. The first kappa shape index (κ1) is 31.1. The van der Waals surface area contributed by atoms with Crippen LogP contribution < -0.4 is 25.6 Å². The van der Waals surface area contributed by atoms with Crippen LogP contribution in [-0.2, 0) is 0 Å². The molecule has 0 spiro atoms. The number of alkyl halides is 1. The van der Waals surface area contributed by atoms with E-state index in [0.717, 1.165) is 55.6 Å². The molecular formula is C47H32FN3OSi. The van der Waals surface area contributed by atoms with Crippen molar-refractivity contribution in [2.24, 2.45) is 0 Å². The number of fused-ring (bicyclic) bond motifs is 6. The molecule has 252 valence electrons. The molecule has 0 radical (unpaired) electrons. The summed E-state index contributed by atoms with van der Waals surface area (Å²) in [6.07, 6.45) is 2.25. The highest BCUT2D eigenvalue weighted by atomic mass is 28.3. The Bertz CT molecular complexity index is 2730. The molecule has 0 saturated carbocycles. The topological polar surface area (TPSA) is 42.2 Å². The second kappa shape index (κ2) is 12.5. The van der Waals surface area contributed by atoms with Crippen LogP contribution in [0.2, 0.25) is 0 Å². The van der Waals surface area contributed by atoms with E-state index in [-0.39, 0.29) is 0 Å². The van der Waals surface area contributed by atoms with E-state index in [0.29, 0.717) is 11.1 Å². The maximum absolute atomic E-state index is 16.8. The summed E-state index contributed by atoms with van der Waals surface area (Å²) >= 11 is 0. The van der Waals surface area contributed by atoms with Crippen molar-refractivity contribution >= 4 is 68.0 Å². The molecule has 0 bridgehead atoms. The third kappa shape index (κ3) is 4.87. The van der Waals surface area contributed by atoms with Gasteiger partial charge in [-0.15, -0.1) is 0 Å². The Balaban J connectivity index is 1.24. The summed E-state index contributed by atoms with van der Waals surface area (Å²) in [6.45, 7) is 0. The van der Waals surface area contributed by atoms with Gasteiger partial charge in [-0.05, 0) is 74.3 Å². The summed E-state index contributed by atoms with van der Waals surface area (Å²) in [5.74, 6) is 0.817. The maximum atomic E-state index is 16.8. The molecule has 0 amide bonds. The Kier molecular flexibility index (Phi) is 7.37. The van der Waals surface area contributed by atoms with Crippen LogP contribution in [0, 0.1) is 0 Å². The molecule has 3 aromatic heterocycles. The molecule has 1 unspecified atom stereocenters. The smallest absolute Gasteiger partial charge is 0.186 e. The van der Waals surface area contributed by atoms with Gasteiger partial charge in [-0.1, -0.05) is 133 Å². The van der Waals surface area contributed by atoms with Gasteiger partial charge in [0, 0.05) is 34.4 Å². The number of aromatic nitrogens is 2. The zero-order chi connectivity index (χ0) is 35.4. The number of anilines is 3. The van der Waals surface area contributed by atoms with Gasteiger partial charge in [0.2, 0.25) is 0 Å². The van der Waals surface area contributed by atoms with Crippen molar-refractivity contribution in [2.75, 3.05) is 4.90 Å². The summed E-state index contributed by atoms with van der Waals surface area (Å²) < 4.78 is 23.7. The summed E-state index contributed by atoms with van der Waals surface area (Å²) in [5.41, 5.74) is 6.16. The predicted molar refractivity (Wildman–Crippen MR) is 216 cm³/mol. The summed E-state index contributed by atoms with van der Waals surface area (Å²) in [4.78, 5) is 11.9. The molecule has 4 heterocycles. The number of benzene rings is 6. The third-order valence-corrected chi connectivity index (χ3v) is 15.3. The molecule has 9 aromatic rings. The molecule has 53 heavy (non-hydrogen) atoms. The van der Waals surface area contributed by atoms with Gasteiger partial charge in [0.1, 0.15) is 11.4 Å². The van der Waals surface area contributed by atoms with Crippen LogP contribution in [0.5, 0.6) is 0 Å². The van der Waals surface area contributed by atoms with Crippen LogP contribution in [0.3, 0.4) is 0 Å². The van der Waals surface area contributed by atoms with Gasteiger partial charge in [0.05, 0.1) is 11.4 Å². The molecule has 1 atom stereocenters. The van der Waals surface area contributed by atoms with E-state index in [1.54, 1.807) is 6.20 Å². The van der Waals surface area contributed by atoms with Gasteiger partial charge in [-0.3, -0.25) is 9.88 Å². The fraction of sp³-hybridized carbons (Fsp3) is 0.0213. The lowest BCUT2D eigenvalue weighted by Crippen LogP contribution is -2.77. The first-order chi connectivity index (χ1) is 26.2. The van der Waals surface area contributed by atoms with E-state index in [1.807, 2.05) is 97.2 Å². The summed E-state index contributed by atoms with van der Waals surface area (Å²) in [7, 11) is -2.99. The molecule has 0 fully saturated rings. The van der Waals surface area contributed by atoms with Crippen molar-refractivity contribution in [1.29, 1.82) is 0 Å². The zero-order valence-corrected chi connectivity index (χ0v) is 29.6. The molecule has 1 aliphatic rings. The van der Waals surface area contributed by atoms with E-state index in [4.69, 9.17) is 9.40 Å². The third-order valence-electron chi connectivity index (χ3n) is 10.5. The largest absolute Gasteiger partial charge is 0.454 e. The number of halogens is 1. The Labute approximate surface area is 307 Å². The van der Waals surface area contributed by atoms with Crippen LogP contribution >= 0.6 is 0 Å². The summed E-state index contributed by atoms with van der Waals surface area (Å²) in [5, 5.41) is 6.93. The highest BCUT2D eigenvalue weighted by molar-refractivity contribution is 7.21. The molecule has 0 saturated heterocycles. The van der Waals surface area contributed by atoms with E-state index < -0.39 is 14.2 Å². The number of rotatable bonds is 6. The van der Waals surface area contributed by atoms with Gasteiger partial charge in [-0.25, -0.2) is 9.37 Å². The zero-order valence-electron chi connectivity index (χ0n) is 28.6. The van der Waals surface area contributed by atoms with Crippen molar-refractivity contribution in [1.82, 2.24) is 9.97 Å². The van der Waals surface area contributed by atoms with E-state index in [2.05, 4.69) is 94.8 Å². The Morgan fingerprint density at radius 2 is 1.25 bits per heavy atom. The van der Waals surface area contributed by atoms with Crippen molar-refractivity contribution in [3.8, 4) is 11.3 Å². The van der Waals surface area contributed by atoms with Crippen LogP contribution in [-0.4, -0.2) is 18.0 Å². The fourth-order valence-electron chi connectivity index (χ4n) is 8.24. The number of para-hydroxylation sites is 1. The number of pyridine rings is 2. The maximum Gasteiger partial charge on any atom is 0.186 e. The SMILES string of the molecule is FC(c1cccc(-c2ccccn2)c1)c1cccc(N2c3ncccc3[Si](c3ccccc3)(c3ccccc3)c3ccc4c(oc5ccccc54)c32)c1. The van der Waals surface area contributed by atoms with E-state index >= 15 is 4.39 Å². The Morgan fingerprint density at radius 1 is 0.547 bits per heavy atom. The molecule has 10 rings (SSSR count). The summed E-state index contributed by atoms with van der Waals surface area (Å²) in [6, 6.07) is 59.8. The average molecular weight is 702 g/mol. The quantitative estimate of drug-likeness (QED) is 0.162. The van der Waals surface area contributed by atoms with E-state index in [9.17, 15) is 0 Å². The lowest BCUT2D eigenvalue weighted by Gasteiger charge is -2.44. The second-order valence-electron chi connectivity index (χ2n) is 13.4. The molecule has 4 nitrogen and oxygen atoms in total. The molecule has 0 N–H and O–H groups in total. The minimum atomic E-state index is -2.99. The lowest BCUT2D eigenvalue weighted by atomic mass is 9.99.